The van der Waals surface area contributed by atoms with Gasteiger partial charge >= 0.3 is 11.9 Å². The number of nitrogens with two attached hydrogens (primary N) is 1. The zero-order valence-electron chi connectivity index (χ0n) is 23.8. The highest BCUT2D eigenvalue weighted by molar-refractivity contribution is 6.07. The average Bonchev–Trinajstić information content (AvgIpc) is 3.35. The molecule has 0 saturated carbocycles. The number of carboxylic acids is 2. The van der Waals surface area contributed by atoms with Gasteiger partial charge in [-0.2, -0.15) is 0 Å². The van der Waals surface area contributed by atoms with E-state index in [0.29, 0.717) is 34.6 Å². The van der Waals surface area contributed by atoms with Crippen LogP contribution < -0.4 is 16.0 Å². The predicted molar refractivity (Wildman–Crippen MR) is 167 cm³/mol. The minimum absolute atomic E-state index is 0.00300. The number of nitrogens with one attached hydrogen (secondary N) is 2. The standard InChI is InChI=1S/C25H25N7O3.C7H6O2/c1-31-20-10-7-17(25(35)32(13-11-23(33)34)21-4-2-3-12-28-21)14-19(20)30-22(31)15-29-18-8-5-16(6-9-18)24(26)27;8-7(9)6-4-2-1-3-5-6/h2-10,12,14,29H,11,13,15H2,1H3,(H3,26,27)(H,33,34);1-5H,(H,8,9). The lowest BCUT2D eigenvalue weighted by Gasteiger charge is -2.21. The van der Waals surface area contributed by atoms with E-state index in [9.17, 15) is 14.4 Å². The van der Waals surface area contributed by atoms with Crippen molar-refractivity contribution in [3.63, 3.8) is 0 Å². The summed E-state index contributed by atoms with van der Waals surface area (Å²) in [4.78, 5) is 44.9. The largest absolute Gasteiger partial charge is 0.481 e. The van der Waals surface area contributed by atoms with Crippen LogP contribution in [-0.4, -0.2) is 55.0 Å². The number of nitrogen functional groups attached to an aromatic ring is 1. The number of carboxylic acid groups (broad SMARTS) is 2. The van der Waals surface area contributed by atoms with Crippen molar-refractivity contribution in [3.8, 4) is 0 Å². The summed E-state index contributed by atoms with van der Waals surface area (Å²) < 4.78 is 1.95. The van der Waals surface area contributed by atoms with Crippen molar-refractivity contribution < 1.29 is 24.6 Å². The van der Waals surface area contributed by atoms with Crippen molar-refractivity contribution in [2.45, 2.75) is 13.0 Å². The Morgan fingerprint density at radius 2 is 1.59 bits per heavy atom. The van der Waals surface area contributed by atoms with Crippen LogP contribution in [0.3, 0.4) is 0 Å². The molecule has 6 N–H and O–H groups in total. The molecule has 0 aliphatic carbocycles. The van der Waals surface area contributed by atoms with Crippen LogP contribution >= 0.6 is 0 Å². The Labute approximate surface area is 252 Å². The first-order valence-electron chi connectivity index (χ1n) is 13.5. The van der Waals surface area contributed by atoms with Gasteiger partial charge in [-0.15, -0.1) is 0 Å². The maximum atomic E-state index is 13.3. The number of pyridine rings is 1. The summed E-state index contributed by atoms with van der Waals surface area (Å²) >= 11 is 0. The van der Waals surface area contributed by atoms with Gasteiger partial charge in [0.25, 0.3) is 5.91 Å². The van der Waals surface area contributed by atoms with E-state index < -0.39 is 11.9 Å². The van der Waals surface area contributed by atoms with Crippen LogP contribution in [0.1, 0.15) is 38.5 Å². The van der Waals surface area contributed by atoms with Gasteiger partial charge in [0.1, 0.15) is 17.5 Å². The van der Waals surface area contributed by atoms with Gasteiger partial charge in [-0.05, 0) is 66.7 Å². The third-order valence-corrected chi connectivity index (χ3v) is 6.61. The van der Waals surface area contributed by atoms with E-state index in [1.165, 1.54) is 4.90 Å². The molecule has 5 rings (SSSR count). The molecule has 0 saturated heterocycles. The van der Waals surface area contributed by atoms with Gasteiger partial charge < -0.3 is 25.8 Å². The van der Waals surface area contributed by atoms with Crippen molar-refractivity contribution in [3.05, 3.63) is 120 Å². The van der Waals surface area contributed by atoms with Crippen LogP contribution in [0, 0.1) is 5.41 Å². The second kappa shape index (κ2) is 14.2. The molecule has 2 heterocycles. The lowest BCUT2D eigenvalue weighted by molar-refractivity contribution is -0.136. The Kier molecular flexibility index (Phi) is 9.99. The highest BCUT2D eigenvalue weighted by Crippen LogP contribution is 2.21. The first kappa shape index (κ1) is 30.9. The van der Waals surface area contributed by atoms with E-state index in [0.717, 1.165) is 17.0 Å². The van der Waals surface area contributed by atoms with Crippen LogP contribution in [-0.2, 0) is 18.4 Å². The van der Waals surface area contributed by atoms with Crippen molar-refractivity contribution in [2.24, 2.45) is 12.8 Å². The van der Waals surface area contributed by atoms with Crippen LogP contribution in [0.2, 0.25) is 0 Å². The number of aliphatic carboxylic acids is 1. The molecule has 0 spiro atoms. The van der Waals surface area contributed by atoms with E-state index in [1.807, 2.05) is 29.8 Å². The minimum Gasteiger partial charge on any atom is -0.481 e. The number of benzene rings is 3. The van der Waals surface area contributed by atoms with E-state index >= 15 is 0 Å². The molecule has 0 fully saturated rings. The fourth-order valence-electron chi connectivity index (χ4n) is 4.27. The number of aryl methyl sites for hydroxylation is 1. The van der Waals surface area contributed by atoms with E-state index in [-0.39, 0.29) is 24.7 Å². The number of amidine groups is 1. The zero-order valence-corrected chi connectivity index (χ0v) is 23.8. The van der Waals surface area contributed by atoms with Gasteiger partial charge in [-0.3, -0.25) is 19.9 Å². The van der Waals surface area contributed by atoms with E-state index in [4.69, 9.17) is 21.4 Å². The topological polar surface area (TPSA) is 188 Å². The van der Waals surface area contributed by atoms with Gasteiger partial charge in [0.2, 0.25) is 0 Å². The fraction of sp³-hybridized carbons (Fsp3) is 0.125. The molecule has 0 unspecified atom stereocenters. The number of fused-ring (bicyclic) bond motifs is 1. The number of hydrogen-bond donors (Lipinski definition) is 5. The summed E-state index contributed by atoms with van der Waals surface area (Å²) in [5.41, 5.74) is 9.26. The van der Waals surface area contributed by atoms with Crippen LogP contribution in [0.15, 0.2) is 97.2 Å². The van der Waals surface area contributed by atoms with Gasteiger partial charge in [0.15, 0.2) is 0 Å². The number of hydrogen-bond acceptors (Lipinski definition) is 7. The fourth-order valence-corrected chi connectivity index (χ4v) is 4.27. The number of amides is 1. The van der Waals surface area contributed by atoms with Crippen molar-refractivity contribution in [1.29, 1.82) is 5.41 Å². The molecule has 0 bridgehead atoms. The van der Waals surface area contributed by atoms with Gasteiger partial charge in [0, 0.05) is 36.6 Å². The van der Waals surface area contributed by atoms with Crippen molar-refractivity contribution >= 4 is 46.2 Å². The highest BCUT2D eigenvalue weighted by Gasteiger charge is 2.21. The molecular formula is C32H31N7O5. The summed E-state index contributed by atoms with van der Waals surface area (Å²) in [6.07, 6.45) is 1.36. The summed E-state index contributed by atoms with van der Waals surface area (Å²) in [6.45, 7) is 0.454. The third-order valence-electron chi connectivity index (χ3n) is 6.61. The number of carbonyl (C=O) groups is 3. The monoisotopic (exact) mass is 593 g/mol. The maximum Gasteiger partial charge on any atom is 0.335 e. The van der Waals surface area contributed by atoms with Gasteiger partial charge in [-0.25, -0.2) is 14.8 Å². The normalized spacial score (nSPS) is 10.4. The second-order valence-corrected chi connectivity index (χ2v) is 9.59. The Morgan fingerprint density at radius 3 is 2.18 bits per heavy atom. The molecule has 2 aromatic heterocycles. The van der Waals surface area contributed by atoms with E-state index in [2.05, 4.69) is 15.3 Å². The van der Waals surface area contributed by atoms with Crippen LogP contribution in [0.4, 0.5) is 11.5 Å². The molecule has 12 nitrogen and oxygen atoms in total. The Hall–Kier alpha value is -6.04. The van der Waals surface area contributed by atoms with Crippen molar-refractivity contribution in [1.82, 2.24) is 14.5 Å². The average molecular weight is 594 g/mol. The number of carbonyl (C=O) groups excluding carboxylic acids is 1. The molecule has 5 aromatic rings. The van der Waals surface area contributed by atoms with Gasteiger partial charge in [0.05, 0.1) is 29.6 Å². The molecule has 3 aromatic carbocycles. The molecule has 0 radical (unpaired) electrons. The molecular weight excluding hydrogens is 562 g/mol. The third kappa shape index (κ3) is 7.82. The molecule has 0 atom stereocenters. The number of aromatic carboxylic acids is 1. The molecule has 1 amide bonds. The lowest BCUT2D eigenvalue weighted by atomic mass is 10.1. The molecule has 0 aliphatic rings. The smallest absolute Gasteiger partial charge is 0.335 e. The predicted octanol–water partition coefficient (Wildman–Crippen LogP) is 4.37. The molecule has 12 heteroatoms. The van der Waals surface area contributed by atoms with Crippen molar-refractivity contribution in [2.75, 3.05) is 16.8 Å². The van der Waals surface area contributed by atoms with Gasteiger partial charge in [-0.1, -0.05) is 24.3 Å². The molecule has 44 heavy (non-hydrogen) atoms. The summed E-state index contributed by atoms with van der Waals surface area (Å²) in [7, 11) is 1.90. The first-order chi connectivity index (χ1) is 21.1. The lowest BCUT2D eigenvalue weighted by Crippen LogP contribution is -2.33. The number of anilines is 2. The number of imidazole rings is 1. The Balaban J connectivity index is 0.000000421. The van der Waals surface area contributed by atoms with Crippen LogP contribution in [0.25, 0.3) is 11.0 Å². The zero-order chi connectivity index (χ0) is 31.6. The quantitative estimate of drug-likeness (QED) is 0.116. The maximum absolute atomic E-state index is 13.3. The number of aromatic nitrogens is 3. The Bertz CT molecular complexity index is 1770. The van der Waals surface area contributed by atoms with E-state index in [1.54, 1.807) is 79.0 Å². The number of rotatable bonds is 10. The first-order valence-corrected chi connectivity index (χ1v) is 13.5. The summed E-state index contributed by atoms with van der Waals surface area (Å²) in [5, 5.41) is 28.3. The summed E-state index contributed by atoms with van der Waals surface area (Å²) in [5.74, 6) is -1.04. The SMILES string of the molecule is Cn1c(CNc2ccc(C(=N)N)cc2)nc2cc(C(=O)N(CCC(=O)O)c3ccccn3)ccc21.O=C(O)c1ccccc1. The summed E-state index contributed by atoms with van der Waals surface area (Å²) in [6, 6.07) is 25.9. The molecule has 0 aliphatic heterocycles. The molecule has 224 valence electrons. The Morgan fingerprint density at radius 1 is 0.909 bits per heavy atom. The van der Waals surface area contributed by atoms with Crippen LogP contribution in [0.5, 0.6) is 0 Å². The highest BCUT2D eigenvalue weighted by atomic mass is 16.4. The second-order valence-electron chi connectivity index (χ2n) is 9.59. The minimum atomic E-state index is -0.994. The number of nitrogens with zero attached hydrogens (tertiary/aromatic N) is 4.